The van der Waals surface area contributed by atoms with Crippen LogP contribution in [0, 0.1) is 0 Å². The largest absolute Gasteiger partial charge is 0.349 e. The highest BCUT2D eigenvalue weighted by atomic mass is 32.1. The summed E-state index contributed by atoms with van der Waals surface area (Å²) in [6, 6.07) is 11.8. The zero-order chi connectivity index (χ0) is 13.2. The molecule has 0 saturated heterocycles. The average Bonchev–Trinajstić information content (AvgIpc) is 2.92. The number of allylic oxidation sites excluding steroid dienone is 1. The van der Waals surface area contributed by atoms with Gasteiger partial charge >= 0.3 is 5.69 Å². The van der Waals surface area contributed by atoms with Crippen molar-refractivity contribution in [1.29, 1.82) is 0 Å². The Bertz CT molecular complexity index is 787. The Morgan fingerprint density at radius 1 is 1.26 bits per heavy atom. The zero-order valence-electron chi connectivity index (χ0n) is 10.2. The van der Waals surface area contributed by atoms with E-state index in [1.165, 1.54) is 0 Å². The first kappa shape index (κ1) is 11.9. The van der Waals surface area contributed by atoms with Gasteiger partial charge in [-0.3, -0.25) is 4.57 Å². The molecular formula is C15H12N2OS. The van der Waals surface area contributed by atoms with Gasteiger partial charge in [0.15, 0.2) is 0 Å². The molecule has 0 saturated carbocycles. The highest BCUT2D eigenvalue weighted by Crippen LogP contribution is 2.28. The first-order chi connectivity index (χ1) is 9.31. The summed E-state index contributed by atoms with van der Waals surface area (Å²) < 4.78 is 1.65. The Labute approximate surface area is 114 Å². The lowest BCUT2D eigenvalue weighted by Gasteiger charge is -2.07. The summed E-state index contributed by atoms with van der Waals surface area (Å²) in [5, 5.41) is 3.00. The molecule has 0 aliphatic heterocycles. The molecular weight excluding hydrogens is 256 g/mol. The van der Waals surface area contributed by atoms with Crippen LogP contribution in [0.2, 0.25) is 0 Å². The normalized spacial score (nSPS) is 10.7. The number of hydrogen-bond donors (Lipinski definition) is 0. The molecule has 1 aromatic carbocycles. The number of rotatable bonds is 3. The number of hydrogen-bond acceptors (Lipinski definition) is 3. The maximum atomic E-state index is 12.1. The van der Waals surface area contributed by atoms with E-state index in [0.29, 0.717) is 6.54 Å². The molecule has 0 unspecified atom stereocenters. The average molecular weight is 268 g/mol. The van der Waals surface area contributed by atoms with Crippen LogP contribution < -0.4 is 5.69 Å². The third-order valence-electron chi connectivity index (χ3n) is 2.94. The second kappa shape index (κ2) is 4.82. The fourth-order valence-electron chi connectivity index (χ4n) is 2.10. The smallest absolute Gasteiger partial charge is 0.279 e. The molecule has 3 aromatic rings. The highest BCUT2D eigenvalue weighted by Gasteiger charge is 2.12. The molecule has 19 heavy (non-hydrogen) atoms. The van der Waals surface area contributed by atoms with Gasteiger partial charge in [-0.05, 0) is 11.4 Å². The van der Waals surface area contributed by atoms with Crippen LogP contribution in [0.1, 0.15) is 0 Å². The van der Waals surface area contributed by atoms with Crippen molar-refractivity contribution in [3.63, 3.8) is 0 Å². The highest BCUT2D eigenvalue weighted by molar-refractivity contribution is 7.16. The lowest BCUT2D eigenvalue weighted by molar-refractivity contribution is 0.789. The molecule has 0 spiro atoms. The van der Waals surface area contributed by atoms with Gasteiger partial charge in [0.25, 0.3) is 0 Å². The Balaban J connectivity index is 2.34. The molecule has 94 valence electrons. The number of nitrogens with zero attached hydrogens (tertiary/aromatic N) is 2. The van der Waals surface area contributed by atoms with Gasteiger partial charge in [0, 0.05) is 17.5 Å². The second-order valence-electron chi connectivity index (χ2n) is 4.15. The molecule has 0 N–H and O–H groups in total. The van der Waals surface area contributed by atoms with E-state index in [1.807, 2.05) is 41.8 Å². The van der Waals surface area contributed by atoms with Crippen LogP contribution in [0.4, 0.5) is 0 Å². The van der Waals surface area contributed by atoms with Gasteiger partial charge in [0.05, 0.1) is 5.69 Å². The standard InChI is InChI=1S/C15H12N2OS/c1-2-9-17-14-12(8-10-19-14)13(16-15(17)18)11-6-4-3-5-7-11/h2-8,10H,1,9H2. The van der Waals surface area contributed by atoms with E-state index in [-0.39, 0.29) is 5.69 Å². The van der Waals surface area contributed by atoms with Crippen molar-refractivity contribution in [3.8, 4) is 11.3 Å². The molecule has 3 rings (SSSR count). The van der Waals surface area contributed by atoms with Crippen LogP contribution in [-0.4, -0.2) is 9.55 Å². The van der Waals surface area contributed by atoms with E-state index >= 15 is 0 Å². The van der Waals surface area contributed by atoms with E-state index in [2.05, 4.69) is 11.6 Å². The predicted octanol–water partition coefficient (Wildman–Crippen LogP) is 3.31. The van der Waals surface area contributed by atoms with Gasteiger partial charge in [-0.25, -0.2) is 4.79 Å². The molecule has 2 heterocycles. The molecule has 3 nitrogen and oxygen atoms in total. The Kier molecular flexibility index (Phi) is 3.01. The quantitative estimate of drug-likeness (QED) is 0.683. The fraction of sp³-hybridized carbons (Fsp3) is 0.0667. The monoisotopic (exact) mass is 268 g/mol. The summed E-state index contributed by atoms with van der Waals surface area (Å²) >= 11 is 1.55. The number of fused-ring (bicyclic) bond motifs is 1. The minimum atomic E-state index is -0.228. The van der Waals surface area contributed by atoms with E-state index in [1.54, 1.807) is 22.0 Å². The van der Waals surface area contributed by atoms with Crippen molar-refractivity contribution in [2.45, 2.75) is 6.54 Å². The first-order valence-electron chi connectivity index (χ1n) is 5.95. The minimum Gasteiger partial charge on any atom is -0.279 e. The van der Waals surface area contributed by atoms with Crippen LogP contribution in [0.25, 0.3) is 21.5 Å². The number of benzene rings is 1. The maximum absolute atomic E-state index is 12.1. The van der Waals surface area contributed by atoms with Crippen molar-refractivity contribution in [1.82, 2.24) is 9.55 Å². The van der Waals surface area contributed by atoms with Crippen LogP contribution in [0.3, 0.4) is 0 Å². The third-order valence-corrected chi connectivity index (χ3v) is 3.88. The van der Waals surface area contributed by atoms with Gasteiger partial charge in [-0.15, -0.1) is 17.9 Å². The van der Waals surface area contributed by atoms with Crippen molar-refractivity contribution < 1.29 is 0 Å². The maximum Gasteiger partial charge on any atom is 0.349 e. The van der Waals surface area contributed by atoms with Gasteiger partial charge < -0.3 is 0 Å². The van der Waals surface area contributed by atoms with Crippen molar-refractivity contribution in [3.05, 3.63) is 64.9 Å². The van der Waals surface area contributed by atoms with E-state index in [4.69, 9.17) is 0 Å². The molecule has 0 radical (unpaired) electrons. The summed E-state index contributed by atoms with van der Waals surface area (Å²) in [4.78, 5) is 17.3. The summed E-state index contributed by atoms with van der Waals surface area (Å²) in [6.45, 7) is 4.17. The Morgan fingerprint density at radius 3 is 2.79 bits per heavy atom. The molecule has 0 amide bonds. The third kappa shape index (κ3) is 2.00. The Hall–Kier alpha value is -2.20. The lowest BCUT2D eigenvalue weighted by atomic mass is 10.1. The predicted molar refractivity (Wildman–Crippen MR) is 79.5 cm³/mol. The van der Waals surface area contributed by atoms with E-state index in [9.17, 15) is 4.79 Å². The Morgan fingerprint density at radius 2 is 2.05 bits per heavy atom. The van der Waals surface area contributed by atoms with Crippen LogP contribution in [0.5, 0.6) is 0 Å². The molecule has 0 bridgehead atoms. The molecule has 0 fully saturated rings. The van der Waals surface area contributed by atoms with Crippen LogP contribution in [-0.2, 0) is 6.54 Å². The minimum absolute atomic E-state index is 0.228. The lowest BCUT2D eigenvalue weighted by Crippen LogP contribution is -2.22. The molecule has 0 atom stereocenters. The summed E-state index contributed by atoms with van der Waals surface area (Å²) in [5.74, 6) is 0. The van der Waals surface area contributed by atoms with E-state index in [0.717, 1.165) is 21.5 Å². The molecule has 2 aromatic heterocycles. The summed E-state index contributed by atoms with van der Waals surface area (Å²) in [7, 11) is 0. The molecule has 4 heteroatoms. The van der Waals surface area contributed by atoms with Gasteiger partial charge in [-0.2, -0.15) is 4.98 Å². The van der Waals surface area contributed by atoms with Gasteiger partial charge in [-0.1, -0.05) is 36.4 Å². The van der Waals surface area contributed by atoms with Crippen molar-refractivity contribution in [2.75, 3.05) is 0 Å². The zero-order valence-corrected chi connectivity index (χ0v) is 11.1. The molecule has 0 aliphatic rings. The van der Waals surface area contributed by atoms with Gasteiger partial charge in [0.1, 0.15) is 4.83 Å². The van der Waals surface area contributed by atoms with Crippen LogP contribution in [0.15, 0.2) is 59.2 Å². The summed E-state index contributed by atoms with van der Waals surface area (Å²) in [5.41, 5.74) is 1.49. The first-order valence-corrected chi connectivity index (χ1v) is 6.83. The van der Waals surface area contributed by atoms with Gasteiger partial charge in [0.2, 0.25) is 0 Å². The van der Waals surface area contributed by atoms with Crippen molar-refractivity contribution >= 4 is 21.6 Å². The summed E-state index contributed by atoms with van der Waals surface area (Å²) in [6.07, 6.45) is 1.71. The second-order valence-corrected chi connectivity index (χ2v) is 5.04. The fourth-order valence-corrected chi connectivity index (χ4v) is 3.00. The van der Waals surface area contributed by atoms with Crippen molar-refractivity contribution in [2.24, 2.45) is 0 Å². The topological polar surface area (TPSA) is 34.9 Å². The number of thiophene rings is 1. The molecule has 0 aliphatic carbocycles. The number of aromatic nitrogens is 2. The van der Waals surface area contributed by atoms with Crippen LogP contribution >= 0.6 is 11.3 Å². The SMILES string of the molecule is C=CCn1c(=O)nc(-c2ccccc2)c2ccsc21. The van der Waals surface area contributed by atoms with E-state index < -0.39 is 0 Å².